The Morgan fingerprint density at radius 3 is 2.41 bits per heavy atom. The number of para-hydroxylation sites is 1. The molecule has 3 heterocycles. The van der Waals surface area contributed by atoms with Crippen molar-refractivity contribution in [3.63, 3.8) is 0 Å². The molecule has 11 heteroatoms. The van der Waals surface area contributed by atoms with E-state index in [1.54, 1.807) is 50.1 Å². The van der Waals surface area contributed by atoms with Crippen LogP contribution < -0.4 is 24.5 Å². The largest absolute Gasteiger partial charge is 0.496 e. The Morgan fingerprint density at radius 1 is 0.978 bits per heavy atom. The predicted octanol–water partition coefficient (Wildman–Crippen LogP) is 3.55. The first-order valence-electron chi connectivity index (χ1n) is 15.2. The number of anilines is 1. The van der Waals surface area contributed by atoms with Crippen LogP contribution in [0.3, 0.4) is 0 Å². The summed E-state index contributed by atoms with van der Waals surface area (Å²) in [6.45, 7) is 8.14. The molecule has 6 rings (SSSR count). The number of benzene rings is 3. The molecule has 0 saturated heterocycles. The highest BCUT2D eigenvalue weighted by molar-refractivity contribution is 7.07. The van der Waals surface area contributed by atoms with Crippen LogP contribution in [0.4, 0.5) is 5.69 Å². The highest BCUT2D eigenvalue weighted by Crippen LogP contribution is 2.41. The first-order valence-corrected chi connectivity index (χ1v) is 16.0. The number of likely N-dealkylation sites (N-methyl/N-ethyl adjacent to an activating group) is 1. The number of nitrogens with zero attached hydrogens (tertiary/aromatic N) is 4. The molecule has 4 aromatic rings. The zero-order valence-corrected chi connectivity index (χ0v) is 27.1. The fraction of sp³-hybridized carbons (Fsp3) is 0.286. The lowest BCUT2D eigenvalue weighted by Gasteiger charge is -2.30. The number of carbonyl (C=O) groups excluding carboxylic acids is 3. The Labute approximate surface area is 269 Å². The summed E-state index contributed by atoms with van der Waals surface area (Å²) >= 11 is 1.10. The molecular weight excluding hydrogens is 604 g/mol. The molecule has 2 aliphatic rings. The maximum absolute atomic E-state index is 14.7. The Hall–Kier alpha value is -5.03. The number of carbonyl (C=O) groups is 3. The van der Waals surface area contributed by atoms with Crippen LogP contribution in [0.5, 0.6) is 5.75 Å². The number of hydrogen-bond acceptors (Lipinski definition) is 8. The van der Waals surface area contributed by atoms with Gasteiger partial charge in [0, 0.05) is 24.2 Å². The van der Waals surface area contributed by atoms with E-state index in [-0.39, 0.29) is 29.2 Å². The minimum atomic E-state index is -0.887. The zero-order valence-electron chi connectivity index (χ0n) is 26.3. The fourth-order valence-corrected chi connectivity index (χ4v) is 7.46. The molecule has 0 N–H and O–H groups in total. The maximum atomic E-state index is 14.7. The Bertz CT molecular complexity index is 2120. The van der Waals surface area contributed by atoms with Gasteiger partial charge < -0.3 is 14.4 Å². The average molecular weight is 639 g/mol. The van der Waals surface area contributed by atoms with E-state index in [0.29, 0.717) is 51.7 Å². The Balaban J connectivity index is 1.67. The fourth-order valence-electron chi connectivity index (χ4n) is 6.33. The molecule has 10 nitrogen and oxygen atoms in total. The molecule has 1 aromatic heterocycles. The summed E-state index contributed by atoms with van der Waals surface area (Å²) < 4.78 is 12.7. The van der Waals surface area contributed by atoms with Gasteiger partial charge in [0.25, 0.3) is 17.4 Å². The Kier molecular flexibility index (Phi) is 8.35. The summed E-state index contributed by atoms with van der Waals surface area (Å²) in [5, 5.41) is 1.74. The van der Waals surface area contributed by atoms with Gasteiger partial charge in [-0.25, -0.2) is 4.99 Å². The second-order valence-corrected chi connectivity index (χ2v) is 11.8. The summed E-state index contributed by atoms with van der Waals surface area (Å²) in [6, 6.07) is 17.7. The standard InChI is InChI=1S/C35H34N4O6S/c1-6-37(7-2)32(41)27-20(4)36-35-39(30(27)28-22-14-10-9-13-21(22)17-18-25(28)44-5)34(43)31(46-35)29-23-15-11-12-16-24(23)38(33(29)42)19-26(40)45-8-3/h9-18,30H,6-8,19H2,1-5H3/b31-29-/t30-/m1/s1. The van der Waals surface area contributed by atoms with Crippen molar-refractivity contribution in [3.8, 4) is 5.75 Å². The molecule has 3 aromatic carbocycles. The number of ether oxygens (including phenoxy) is 2. The first kappa shape index (κ1) is 31.0. The number of esters is 1. The summed E-state index contributed by atoms with van der Waals surface area (Å²) in [5.74, 6) is -0.739. The van der Waals surface area contributed by atoms with Gasteiger partial charge in [-0.3, -0.25) is 28.6 Å². The molecule has 0 bridgehead atoms. The van der Waals surface area contributed by atoms with Crippen molar-refractivity contribution in [2.45, 2.75) is 33.7 Å². The molecule has 46 heavy (non-hydrogen) atoms. The van der Waals surface area contributed by atoms with Gasteiger partial charge in [0.2, 0.25) is 0 Å². The normalized spacial score (nSPS) is 16.7. The van der Waals surface area contributed by atoms with Crippen LogP contribution in [0, 0.1) is 0 Å². The minimum Gasteiger partial charge on any atom is -0.496 e. The summed E-state index contributed by atoms with van der Waals surface area (Å²) in [7, 11) is 1.56. The van der Waals surface area contributed by atoms with Crippen molar-refractivity contribution in [1.29, 1.82) is 0 Å². The van der Waals surface area contributed by atoms with Gasteiger partial charge >= 0.3 is 5.97 Å². The molecule has 0 radical (unpaired) electrons. The van der Waals surface area contributed by atoms with Crippen LogP contribution in [0.25, 0.3) is 16.3 Å². The van der Waals surface area contributed by atoms with Gasteiger partial charge in [-0.2, -0.15) is 0 Å². The molecule has 0 saturated carbocycles. The van der Waals surface area contributed by atoms with E-state index >= 15 is 0 Å². The van der Waals surface area contributed by atoms with E-state index in [1.807, 2.05) is 50.2 Å². The van der Waals surface area contributed by atoms with Gasteiger partial charge in [-0.05, 0) is 50.6 Å². The van der Waals surface area contributed by atoms with Gasteiger partial charge in [0.05, 0.1) is 36.2 Å². The lowest BCUT2D eigenvalue weighted by atomic mass is 9.90. The number of rotatable bonds is 8. The number of methoxy groups -OCH3 is 1. The molecule has 0 aliphatic carbocycles. The molecule has 2 aliphatic heterocycles. The van der Waals surface area contributed by atoms with Crippen molar-refractivity contribution >= 4 is 51.2 Å². The van der Waals surface area contributed by atoms with E-state index in [2.05, 4.69) is 0 Å². The number of allylic oxidation sites excluding steroid dienone is 1. The van der Waals surface area contributed by atoms with Crippen LogP contribution in [0.1, 0.15) is 44.9 Å². The third kappa shape index (κ3) is 4.91. The molecule has 0 spiro atoms. The highest BCUT2D eigenvalue weighted by atomic mass is 32.1. The van der Waals surface area contributed by atoms with Gasteiger partial charge in [0.15, 0.2) is 4.80 Å². The lowest BCUT2D eigenvalue weighted by molar-refractivity contribution is -0.142. The molecule has 2 amide bonds. The van der Waals surface area contributed by atoms with Gasteiger partial charge in [-0.1, -0.05) is 59.9 Å². The van der Waals surface area contributed by atoms with Crippen molar-refractivity contribution < 1.29 is 23.9 Å². The van der Waals surface area contributed by atoms with Crippen LogP contribution in [0.15, 0.2) is 81.7 Å². The summed E-state index contributed by atoms with van der Waals surface area (Å²) in [5.41, 5.74) is 2.28. The molecule has 0 unspecified atom stereocenters. The second-order valence-electron chi connectivity index (χ2n) is 10.9. The smallest absolute Gasteiger partial charge is 0.326 e. The number of hydrogen-bond donors (Lipinski definition) is 0. The maximum Gasteiger partial charge on any atom is 0.326 e. The van der Waals surface area contributed by atoms with Crippen LogP contribution >= 0.6 is 11.3 Å². The van der Waals surface area contributed by atoms with E-state index in [9.17, 15) is 19.2 Å². The van der Waals surface area contributed by atoms with E-state index < -0.39 is 23.5 Å². The molecule has 0 fully saturated rings. The van der Waals surface area contributed by atoms with Gasteiger partial charge in [0.1, 0.15) is 22.9 Å². The predicted molar refractivity (Wildman–Crippen MR) is 177 cm³/mol. The SMILES string of the molecule is CCOC(=O)CN1C(=O)/C(=c2\sc3n(c2=O)[C@@H](c2c(OC)ccc4ccccc24)C(C(=O)N(CC)CC)=C(C)N=3)c2ccccc21. The first-order chi connectivity index (χ1) is 22.2. The minimum absolute atomic E-state index is 0.177. The second kappa shape index (κ2) is 12.4. The number of amides is 2. The third-order valence-electron chi connectivity index (χ3n) is 8.45. The monoisotopic (exact) mass is 638 g/mol. The third-order valence-corrected chi connectivity index (χ3v) is 9.50. The summed E-state index contributed by atoms with van der Waals surface area (Å²) in [6.07, 6.45) is 0. The molecular formula is C35H34N4O6S. The number of aromatic nitrogens is 1. The summed E-state index contributed by atoms with van der Waals surface area (Å²) in [4.78, 5) is 63.7. The molecule has 1 atom stereocenters. The lowest BCUT2D eigenvalue weighted by Crippen LogP contribution is -2.43. The van der Waals surface area contributed by atoms with Crippen molar-refractivity contribution in [2.24, 2.45) is 4.99 Å². The van der Waals surface area contributed by atoms with Crippen molar-refractivity contribution in [3.05, 3.63) is 103 Å². The highest BCUT2D eigenvalue weighted by Gasteiger charge is 2.39. The quantitative estimate of drug-likeness (QED) is 0.273. The van der Waals surface area contributed by atoms with Crippen LogP contribution in [0.2, 0.25) is 0 Å². The van der Waals surface area contributed by atoms with E-state index in [1.165, 1.54) is 9.47 Å². The number of fused-ring (bicyclic) bond motifs is 3. The van der Waals surface area contributed by atoms with Crippen LogP contribution in [-0.2, 0) is 19.1 Å². The van der Waals surface area contributed by atoms with E-state index in [4.69, 9.17) is 14.5 Å². The zero-order chi connectivity index (χ0) is 32.7. The molecule has 236 valence electrons. The topological polar surface area (TPSA) is 111 Å². The van der Waals surface area contributed by atoms with Crippen LogP contribution in [-0.4, -0.2) is 60.6 Å². The van der Waals surface area contributed by atoms with Crippen molar-refractivity contribution in [2.75, 3.05) is 38.3 Å². The van der Waals surface area contributed by atoms with Gasteiger partial charge in [-0.15, -0.1) is 0 Å². The Morgan fingerprint density at radius 2 is 1.70 bits per heavy atom. The number of thiazole rings is 1. The average Bonchev–Trinajstić information content (AvgIpc) is 3.52. The van der Waals surface area contributed by atoms with Crippen molar-refractivity contribution in [1.82, 2.24) is 9.47 Å². The van der Waals surface area contributed by atoms with E-state index in [0.717, 1.165) is 22.1 Å².